The van der Waals surface area contributed by atoms with Gasteiger partial charge in [-0.25, -0.2) is 21.6 Å². The Morgan fingerprint density at radius 2 is 1.52 bits per heavy atom. The molecule has 33 heavy (non-hydrogen) atoms. The van der Waals surface area contributed by atoms with Gasteiger partial charge in [0.05, 0.1) is 10.9 Å². The minimum absolute atomic E-state index is 0.0352. The van der Waals surface area contributed by atoms with Crippen LogP contribution in [0.5, 0.6) is 0 Å². The number of hydrogen-bond donors (Lipinski definition) is 5. The van der Waals surface area contributed by atoms with E-state index in [2.05, 4.69) is 14.8 Å². The molecule has 0 aliphatic heterocycles. The number of nitrogens with two attached hydrogens (primary N) is 1. The monoisotopic (exact) mass is 504 g/mol. The van der Waals surface area contributed by atoms with Crippen LogP contribution in [-0.4, -0.2) is 21.9 Å². The summed E-state index contributed by atoms with van der Waals surface area (Å²) in [7, 11) is -6.70. The highest BCUT2D eigenvalue weighted by Gasteiger charge is 2.17. The Bertz CT molecular complexity index is 1250. The number of benzene rings is 3. The molecule has 1 atom stereocenters. The van der Waals surface area contributed by atoms with E-state index in [0.29, 0.717) is 18.7 Å². The molecule has 5 N–H and O–H groups in total. The quantitative estimate of drug-likeness (QED) is 0.223. The van der Waals surface area contributed by atoms with Crippen LogP contribution >= 0.6 is 12.2 Å². The van der Waals surface area contributed by atoms with Gasteiger partial charge in [-0.2, -0.15) is 0 Å². The molecule has 0 radical (unpaired) electrons. The molecule has 174 valence electrons. The second-order valence-electron chi connectivity index (χ2n) is 7.16. The van der Waals surface area contributed by atoms with Crippen LogP contribution in [0.15, 0.2) is 83.8 Å². The molecule has 0 spiro atoms. The third-order valence-corrected chi connectivity index (χ3v) is 7.03. The van der Waals surface area contributed by atoms with E-state index in [4.69, 9.17) is 18.0 Å². The molecule has 0 fully saturated rings. The van der Waals surface area contributed by atoms with E-state index in [1.54, 1.807) is 24.3 Å². The van der Waals surface area contributed by atoms with E-state index >= 15 is 0 Å². The molecule has 0 amide bonds. The third kappa shape index (κ3) is 7.34. The molecular weight excluding hydrogens is 480 g/mol. The van der Waals surface area contributed by atoms with Gasteiger partial charge in [-0.15, -0.1) is 0 Å². The zero-order valence-corrected chi connectivity index (χ0v) is 20.0. The summed E-state index contributed by atoms with van der Waals surface area (Å²) in [6.07, 6.45) is 0.361. The second-order valence-corrected chi connectivity index (χ2v) is 10.0. The molecular formula is C22H24N4O4S3. The molecule has 0 saturated carbocycles. The average molecular weight is 505 g/mol. The van der Waals surface area contributed by atoms with Crippen LogP contribution < -0.4 is 20.5 Å². The summed E-state index contributed by atoms with van der Waals surface area (Å²) < 4.78 is 52.7. The van der Waals surface area contributed by atoms with Crippen molar-refractivity contribution in [3.8, 4) is 0 Å². The molecule has 8 nitrogen and oxygen atoms in total. The minimum Gasteiger partial charge on any atom is -0.332 e. The molecule has 0 bridgehead atoms. The zero-order chi connectivity index (χ0) is 23.8. The van der Waals surface area contributed by atoms with Gasteiger partial charge < -0.3 is 11.1 Å². The number of rotatable bonds is 9. The van der Waals surface area contributed by atoms with E-state index < -0.39 is 27.0 Å². The summed E-state index contributed by atoms with van der Waals surface area (Å²) in [5.74, 6) is 0. The highest BCUT2D eigenvalue weighted by Crippen LogP contribution is 2.20. The number of thiocarbonyl (C=S) groups is 1. The maximum absolute atomic E-state index is 12.7. The molecule has 0 saturated heterocycles. The Balaban J connectivity index is 1.67. The highest BCUT2D eigenvalue weighted by atomic mass is 32.2. The molecule has 3 aromatic carbocycles. The molecule has 0 aromatic heterocycles. The van der Waals surface area contributed by atoms with Gasteiger partial charge in [0.2, 0.25) is 10.9 Å². The average Bonchev–Trinajstić information content (AvgIpc) is 2.79. The Morgan fingerprint density at radius 3 is 2.09 bits per heavy atom. The molecule has 11 heteroatoms. The lowest BCUT2D eigenvalue weighted by molar-refractivity contribution is 0.574. The molecule has 0 aliphatic rings. The van der Waals surface area contributed by atoms with Crippen LogP contribution in [0.1, 0.15) is 22.7 Å². The summed E-state index contributed by atoms with van der Waals surface area (Å²) in [5, 5.41) is 2.76. The van der Waals surface area contributed by atoms with Crippen LogP contribution in [0.25, 0.3) is 0 Å². The predicted molar refractivity (Wildman–Crippen MR) is 134 cm³/mol. The van der Waals surface area contributed by atoms with Gasteiger partial charge >= 0.3 is 0 Å². The van der Waals surface area contributed by atoms with E-state index in [-0.39, 0.29) is 10.0 Å². The van der Waals surface area contributed by atoms with Crippen molar-refractivity contribution in [2.75, 3.05) is 5.32 Å². The first kappa shape index (κ1) is 24.8. The van der Waals surface area contributed by atoms with Gasteiger partial charge in [-0.3, -0.25) is 4.72 Å². The fraction of sp³-hybridized carbons (Fsp3) is 0.136. The Hall–Kier alpha value is -2.83. The van der Waals surface area contributed by atoms with Gasteiger partial charge in [0.1, 0.15) is 0 Å². The topological polar surface area (TPSA) is 130 Å². The van der Waals surface area contributed by atoms with Gasteiger partial charge in [0.15, 0.2) is 5.11 Å². The van der Waals surface area contributed by atoms with E-state index in [0.717, 1.165) is 16.7 Å². The van der Waals surface area contributed by atoms with Crippen molar-refractivity contribution >= 4 is 43.9 Å². The molecule has 0 heterocycles. The molecule has 1 unspecified atom stereocenters. The summed E-state index contributed by atoms with van der Waals surface area (Å²) in [4.78, 5) is 0.0352. The minimum atomic E-state index is -3.89. The first-order valence-corrected chi connectivity index (χ1v) is 13.0. The highest BCUT2D eigenvalue weighted by molar-refractivity contribution is 7.92. The molecule has 0 aliphatic carbocycles. The number of hydrogen-bond acceptors (Lipinski definition) is 6. The van der Waals surface area contributed by atoms with E-state index in [9.17, 15) is 16.8 Å². The smallest absolute Gasteiger partial charge is 0.263 e. The zero-order valence-electron chi connectivity index (χ0n) is 17.5. The van der Waals surface area contributed by atoms with Crippen molar-refractivity contribution in [2.45, 2.75) is 23.9 Å². The van der Waals surface area contributed by atoms with Crippen molar-refractivity contribution in [3.63, 3.8) is 0 Å². The molecule has 3 rings (SSSR count). The first-order valence-electron chi connectivity index (χ1n) is 9.94. The Morgan fingerprint density at radius 1 is 0.909 bits per heavy atom. The van der Waals surface area contributed by atoms with Gasteiger partial charge in [0.25, 0.3) is 10.0 Å². The largest absolute Gasteiger partial charge is 0.332 e. The summed E-state index contributed by atoms with van der Waals surface area (Å²) in [5.41, 5.74) is 8.72. The number of sulfonamides is 1. The van der Waals surface area contributed by atoms with Crippen LogP contribution in [0, 0.1) is 0 Å². The standard InChI is InChI=1S/C22H24N4O4S3/c23-15-17-6-10-19(11-7-17)24-22(31)26-33(29,30)20-12-8-16(9-13-20)14-21(25-32(27)28)18-4-2-1-3-5-18/h1-13,21,32H,14-15,23H2,(H2,24,26,31)(H,25,27,28). The second kappa shape index (κ2) is 11.3. The summed E-state index contributed by atoms with van der Waals surface area (Å²) >= 11 is 5.13. The van der Waals surface area contributed by atoms with Crippen molar-refractivity contribution in [1.29, 1.82) is 0 Å². The summed E-state index contributed by atoms with van der Waals surface area (Å²) in [6.45, 7) is 0.408. The van der Waals surface area contributed by atoms with Crippen LogP contribution in [0.4, 0.5) is 5.69 Å². The van der Waals surface area contributed by atoms with E-state index in [1.165, 1.54) is 12.1 Å². The Labute approximate surface area is 200 Å². The predicted octanol–water partition coefficient (Wildman–Crippen LogP) is 2.22. The number of nitrogens with one attached hydrogen (secondary N) is 3. The first-order chi connectivity index (χ1) is 15.8. The van der Waals surface area contributed by atoms with Gasteiger partial charge in [-0.05, 0) is 59.6 Å². The van der Waals surface area contributed by atoms with Crippen molar-refractivity contribution in [3.05, 3.63) is 95.6 Å². The Kier molecular flexibility index (Phi) is 8.53. The number of anilines is 1. The van der Waals surface area contributed by atoms with Crippen LogP contribution in [0.2, 0.25) is 0 Å². The lowest BCUT2D eigenvalue weighted by atomic mass is 10.00. The third-order valence-electron chi connectivity index (χ3n) is 4.81. The van der Waals surface area contributed by atoms with Crippen molar-refractivity contribution < 1.29 is 16.8 Å². The van der Waals surface area contributed by atoms with E-state index in [1.807, 2.05) is 42.5 Å². The van der Waals surface area contributed by atoms with Crippen LogP contribution in [-0.2, 0) is 33.9 Å². The normalized spacial score (nSPS) is 12.3. The molecule has 3 aromatic rings. The van der Waals surface area contributed by atoms with Gasteiger partial charge in [-0.1, -0.05) is 54.6 Å². The lowest BCUT2D eigenvalue weighted by Crippen LogP contribution is -2.34. The maximum Gasteiger partial charge on any atom is 0.263 e. The lowest BCUT2D eigenvalue weighted by Gasteiger charge is -2.16. The fourth-order valence-electron chi connectivity index (χ4n) is 3.15. The number of thiol groups is 1. The summed E-state index contributed by atoms with van der Waals surface area (Å²) in [6, 6.07) is 22.0. The maximum atomic E-state index is 12.7. The van der Waals surface area contributed by atoms with Crippen molar-refractivity contribution in [1.82, 2.24) is 9.44 Å². The SMILES string of the molecule is NCc1ccc(NC(=S)NS(=O)(=O)c2ccc(CC(N[SH](=O)=O)c3ccccc3)cc2)cc1. The fourth-order valence-corrected chi connectivity index (χ4v) is 5.00. The van der Waals surface area contributed by atoms with Gasteiger partial charge in [0, 0.05) is 12.2 Å². The van der Waals surface area contributed by atoms with Crippen molar-refractivity contribution in [2.24, 2.45) is 5.73 Å². The van der Waals surface area contributed by atoms with Crippen LogP contribution in [0.3, 0.4) is 0 Å².